The van der Waals surface area contributed by atoms with Crippen LogP contribution in [-0.2, 0) is 6.54 Å². The SMILES string of the molecule is Cc1cccc(C(=O)N(CCO)Cc2cccnc2)c1[N+](=O)[O-]. The van der Waals surface area contributed by atoms with Gasteiger partial charge in [-0.15, -0.1) is 0 Å². The van der Waals surface area contributed by atoms with Gasteiger partial charge in [0.2, 0.25) is 0 Å². The van der Waals surface area contributed by atoms with E-state index in [-0.39, 0.29) is 30.9 Å². The fraction of sp³-hybridized carbons (Fsp3) is 0.250. The minimum Gasteiger partial charge on any atom is -0.395 e. The minimum absolute atomic E-state index is 0.0207. The molecule has 2 aromatic rings. The predicted molar refractivity (Wildman–Crippen MR) is 83.9 cm³/mol. The maximum absolute atomic E-state index is 12.7. The van der Waals surface area contributed by atoms with E-state index in [1.807, 2.05) is 0 Å². The molecule has 0 aliphatic heterocycles. The van der Waals surface area contributed by atoms with Crippen molar-refractivity contribution in [1.29, 1.82) is 0 Å². The highest BCUT2D eigenvalue weighted by Gasteiger charge is 2.26. The molecule has 0 atom stereocenters. The molecule has 0 saturated heterocycles. The highest BCUT2D eigenvalue weighted by Crippen LogP contribution is 2.24. The number of aromatic nitrogens is 1. The fourth-order valence-electron chi connectivity index (χ4n) is 2.33. The molecule has 0 spiro atoms. The van der Waals surface area contributed by atoms with Crippen molar-refractivity contribution in [3.8, 4) is 0 Å². The molecule has 0 unspecified atom stereocenters. The number of carbonyl (C=O) groups excluding carboxylic acids is 1. The van der Waals surface area contributed by atoms with Gasteiger partial charge in [0.05, 0.1) is 11.5 Å². The van der Waals surface area contributed by atoms with Crippen LogP contribution in [0, 0.1) is 17.0 Å². The number of aliphatic hydroxyl groups excluding tert-OH is 1. The summed E-state index contributed by atoms with van der Waals surface area (Å²) in [6.07, 6.45) is 3.23. The zero-order valence-corrected chi connectivity index (χ0v) is 12.7. The predicted octanol–water partition coefficient (Wildman–Crippen LogP) is 1.93. The number of hydrogen-bond donors (Lipinski definition) is 1. The summed E-state index contributed by atoms with van der Waals surface area (Å²) in [5, 5.41) is 20.5. The average molecular weight is 315 g/mol. The second-order valence-corrected chi connectivity index (χ2v) is 5.04. The Kier molecular flexibility index (Phi) is 5.37. The van der Waals surface area contributed by atoms with Gasteiger partial charge in [0.25, 0.3) is 11.6 Å². The molecule has 1 aromatic carbocycles. The van der Waals surface area contributed by atoms with Crippen LogP contribution in [-0.4, -0.2) is 39.0 Å². The third kappa shape index (κ3) is 3.89. The molecule has 0 bridgehead atoms. The molecule has 120 valence electrons. The van der Waals surface area contributed by atoms with Crippen molar-refractivity contribution in [2.45, 2.75) is 13.5 Å². The van der Waals surface area contributed by atoms with Crippen LogP contribution in [0.4, 0.5) is 5.69 Å². The fourth-order valence-corrected chi connectivity index (χ4v) is 2.33. The summed E-state index contributed by atoms with van der Waals surface area (Å²) < 4.78 is 0. The van der Waals surface area contributed by atoms with E-state index in [4.69, 9.17) is 0 Å². The Morgan fingerprint density at radius 2 is 2.13 bits per heavy atom. The lowest BCUT2D eigenvalue weighted by Gasteiger charge is -2.22. The maximum atomic E-state index is 12.7. The van der Waals surface area contributed by atoms with Gasteiger partial charge in [-0.05, 0) is 24.6 Å². The van der Waals surface area contributed by atoms with Gasteiger partial charge in [-0.3, -0.25) is 19.9 Å². The third-order valence-electron chi connectivity index (χ3n) is 3.40. The van der Waals surface area contributed by atoms with Gasteiger partial charge in [0.1, 0.15) is 5.56 Å². The number of carbonyl (C=O) groups is 1. The van der Waals surface area contributed by atoms with Gasteiger partial charge in [-0.25, -0.2) is 0 Å². The van der Waals surface area contributed by atoms with Gasteiger partial charge in [0.15, 0.2) is 0 Å². The summed E-state index contributed by atoms with van der Waals surface area (Å²) in [5.74, 6) is -0.488. The quantitative estimate of drug-likeness (QED) is 0.649. The Morgan fingerprint density at radius 1 is 1.35 bits per heavy atom. The molecule has 7 nitrogen and oxygen atoms in total. The first-order valence-electron chi connectivity index (χ1n) is 7.07. The first-order valence-corrected chi connectivity index (χ1v) is 7.07. The Hall–Kier alpha value is -2.80. The van der Waals surface area contributed by atoms with Crippen molar-refractivity contribution < 1.29 is 14.8 Å². The van der Waals surface area contributed by atoms with E-state index in [9.17, 15) is 20.0 Å². The zero-order chi connectivity index (χ0) is 16.8. The number of aliphatic hydroxyl groups is 1. The summed E-state index contributed by atoms with van der Waals surface area (Å²) >= 11 is 0. The first kappa shape index (κ1) is 16.6. The highest BCUT2D eigenvalue weighted by molar-refractivity contribution is 5.98. The number of nitrogens with zero attached hydrogens (tertiary/aromatic N) is 3. The normalized spacial score (nSPS) is 10.3. The molecule has 0 aliphatic rings. The van der Waals surface area contributed by atoms with E-state index in [0.29, 0.717) is 5.56 Å². The van der Waals surface area contributed by atoms with E-state index in [1.54, 1.807) is 43.6 Å². The van der Waals surface area contributed by atoms with E-state index in [1.165, 1.54) is 11.0 Å². The van der Waals surface area contributed by atoms with Crippen LogP contribution in [0.1, 0.15) is 21.5 Å². The number of aryl methyl sites for hydroxylation is 1. The number of benzene rings is 1. The summed E-state index contributed by atoms with van der Waals surface area (Å²) in [5.41, 5.74) is 1.02. The lowest BCUT2D eigenvalue weighted by Crippen LogP contribution is -2.33. The van der Waals surface area contributed by atoms with E-state index < -0.39 is 10.8 Å². The molecular weight excluding hydrogens is 298 g/mol. The lowest BCUT2D eigenvalue weighted by atomic mass is 10.1. The second kappa shape index (κ2) is 7.46. The molecule has 23 heavy (non-hydrogen) atoms. The van der Waals surface area contributed by atoms with Gasteiger partial charge in [0, 0.05) is 31.0 Å². The second-order valence-electron chi connectivity index (χ2n) is 5.04. The smallest absolute Gasteiger partial charge is 0.285 e. The molecular formula is C16H17N3O4. The van der Waals surface area contributed by atoms with Crippen LogP contribution in [0.3, 0.4) is 0 Å². The maximum Gasteiger partial charge on any atom is 0.285 e. The van der Waals surface area contributed by atoms with E-state index in [0.717, 1.165) is 5.56 Å². The standard InChI is InChI=1S/C16H17N3O4/c1-12-4-2-6-14(15(12)19(22)23)16(21)18(8-9-20)11-13-5-3-7-17-10-13/h2-7,10,20H,8-9,11H2,1H3. The Labute approximate surface area is 133 Å². The van der Waals surface area contributed by atoms with Gasteiger partial charge < -0.3 is 10.0 Å². The van der Waals surface area contributed by atoms with Crippen LogP contribution in [0.5, 0.6) is 0 Å². The average Bonchev–Trinajstić information content (AvgIpc) is 2.54. The molecule has 2 rings (SSSR count). The molecule has 1 N–H and O–H groups in total. The number of rotatable bonds is 6. The Balaban J connectivity index is 2.35. The highest BCUT2D eigenvalue weighted by atomic mass is 16.6. The summed E-state index contributed by atoms with van der Waals surface area (Å²) in [4.78, 5) is 28.8. The molecule has 0 saturated carbocycles. The summed E-state index contributed by atoms with van der Waals surface area (Å²) in [7, 11) is 0. The number of hydrogen-bond acceptors (Lipinski definition) is 5. The van der Waals surface area contributed by atoms with Crippen molar-refractivity contribution in [3.05, 3.63) is 69.5 Å². The lowest BCUT2D eigenvalue weighted by molar-refractivity contribution is -0.385. The molecule has 0 aliphatic carbocycles. The van der Waals surface area contributed by atoms with Crippen LogP contribution < -0.4 is 0 Å². The Bertz CT molecular complexity index is 704. The number of amides is 1. The number of nitro benzene ring substituents is 1. The summed E-state index contributed by atoms with van der Waals surface area (Å²) in [6.45, 7) is 1.66. The first-order chi connectivity index (χ1) is 11.0. The largest absolute Gasteiger partial charge is 0.395 e. The zero-order valence-electron chi connectivity index (χ0n) is 12.7. The van der Waals surface area contributed by atoms with Gasteiger partial charge >= 0.3 is 0 Å². The molecule has 1 amide bonds. The molecule has 0 fully saturated rings. The van der Waals surface area contributed by atoms with Crippen molar-refractivity contribution in [2.75, 3.05) is 13.2 Å². The number of pyridine rings is 1. The van der Waals surface area contributed by atoms with E-state index in [2.05, 4.69) is 4.98 Å². The molecule has 7 heteroatoms. The third-order valence-corrected chi connectivity index (χ3v) is 3.40. The van der Waals surface area contributed by atoms with Crippen molar-refractivity contribution >= 4 is 11.6 Å². The van der Waals surface area contributed by atoms with E-state index >= 15 is 0 Å². The Morgan fingerprint density at radius 3 is 2.74 bits per heavy atom. The van der Waals surface area contributed by atoms with Gasteiger partial charge in [-0.1, -0.05) is 18.2 Å². The molecule has 1 aromatic heterocycles. The van der Waals surface area contributed by atoms with Gasteiger partial charge in [-0.2, -0.15) is 0 Å². The topological polar surface area (TPSA) is 96.6 Å². The monoisotopic (exact) mass is 315 g/mol. The number of nitro groups is 1. The van der Waals surface area contributed by atoms with Crippen LogP contribution in [0.15, 0.2) is 42.7 Å². The summed E-state index contributed by atoms with van der Waals surface area (Å²) in [6, 6.07) is 8.17. The van der Waals surface area contributed by atoms with Crippen molar-refractivity contribution in [3.63, 3.8) is 0 Å². The van der Waals surface area contributed by atoms with Crippen LogP contribution >= 0.6 is 0 Å². The number of para-hydroxylation sites is 1. The molecule has 1 heterocycles. The van der Waals surface area contributed by atoms with Crippen molar-refractivity contribution in [1.82, 2.24) is 9.88 Å². The molecule has 0 radical (unpaired) electrons. The van der Waals surface area contributed by atoms with Crippen LogP contribution in [0.2, 0.25) is 0 Å². The van der Waals surface area contributed by atoms with Crippen molar-refractivity contribution in [2.24, 2.45) is 0 Å². The van der Waals surface area contributed by atoms with Crippen LogP contribution in [0.25, 0.3) is 0 Å². The minimum atomic E-state index is -0.552.